The molecule has 9 heteroatoms. The number of imide groups is 1. The Hall–Kier alpha value is -2.12. The number of likely N-dealkylation sites (tertiary alicyclic amines) is 1. The Labute approximate surface area is 185 Å². The topological polar surface area (TPSA) is 86.8 Å². The van der Waals surface area contributed by atoms with Gasteiger partial charge in [0.25, 0.3) is 0 Å². The molecule has 3 rings (SSSR count). The van der Waals surface area contributed by atoms with Crippen molar-refractivity contribution >= 4 is 52.5 Å². The highest BCUT2D eigenvalue weighted by atomic mass is 35.5. The number of carbonyl (C=O) groups excluding carboxylic acids is 4. The third-order valence-corrected chi connectivity index (χ3v) is 6.80. The van der Waals surface area contributed by atoms with E-state index >= 15 is 0 Å². The van der Waals surface area contributed by atoms with Crippen molar-refractivity contribution in [3.8, 4) is 0 Å². The second-order valence-corrected chi connectivity index (χ2v) is 8.76. The highest BCUT2D eigenvalue weighted by molar-refractivity contribution is 6.39. The van der Waals surface area contributed by atoms with Crippen molar-refractivity contribution in [2.75, 3.05) is 25.5 Å². The van der Waals surface area contributed by atoms with Gasteiger partial charge in [0.1, 0.15) is 0 Å². The van der Waals surface area contributed by atoms with Crippen molar-refractivity contribution in [1.82, 2.24) is 9.80 Å². The molecule has 2 aliphatic rings. The van der Waals surface area contributed by atoms with Crippen LogP contribution < -0.4 is 5.32 Å². The van der Waals surface area contributed by atoms with Crippen molar-refractivity contribution < 1.29 is 19.2 Å². The van der Waals surface area contributed by atoms with E-state index in [0.29, 0.717) is 35.1 Å². The molecule has 1 heterocycles. The number of carbonyl (C=O) groups is 4. The van der Waals surface area contributed by atoms with Crippen molar-refractivity contribution in [2.45, 2.75) is 26.7 Å². The van der Waals surface area contributed by atoms with Gasteiger partial charge in [0.15, 0.2) is 0 Å². The van der Waals surface area contributed by atoms with Crippen molar-refractivity contribution in [2.24, 2.45) is 23.7 Å². The summed E-state index contributed by atoms with van der Waals surface area (Å²) in [6.45, 7) is 3.79. The van der Waals surface area contributed by atoms with Crippen LogP contribution in [-0.2, 0) is 19.2 Å². The molecule has 4 amide bonds. The molecule has 7 nitrogen and oxygen atoms in total. The average Bonchev–Trinajstić information content (AvgIpc) is 2.92. The minimum Gasteiger partial charge on any atom is -0.333 e. The number of benzene rings is 1. The Kier molecular flexibility index (Phi) is 6.72. The van der Waals surface area contributed by atoms with Crippen LogP contribution in [0.3, 0.4) is 0 Å². The smallest absolute Gasteiger partial charge is 0.244 e. The Morgan fingerprint density at radius 3 is 2.40 bits per heavy atom. The lowest BCUT2D eigenvalue weighted by molar-refractivity contribution is -0.148. The van der Waals surface area contributed by atoms with Crippen molar-refractivity contribution in [1.29, 1.82) is 0 Å². The number of fused-ring (bicyclic) bond motifs is 1. The Morgan fingerprint density at radius 2 is 1.80 bits per heavy atom. The fourth-order valence-electron chi connectivity index (χ4n) is 4.51. The van der Waals surface area contributed by atoms with Crippen molar-refractivity contribution in [3.05, 3.63) is 28.2 Å². The normalized spacial score (nSPS) is 25.8. The number of nitrogens with zero attached hydrogens (tertiary/aromatic N) is 2. The SMILES string of the molecule is CCN(CC(=O)Nc1c(Cl)cccc1Cl)C(=O)[C@H]1[C@H]2C(=O)N(C)C(=O)[C@H]2CC[C@H]1C. The average molecular weight is 454 g/mol. The molecule has 0 unspecified atom stereocenters. The molecule has 162 valence electrons. The van der Waals surface area contributed by atoms with Crippen molar-refractivity contribution in [3.63, 3.8) is 0 Å². The maximum atomic E-state index is 13.4. The summed E-state index contributed by atoms with van der Waals surface area (Å²) in [5.74, 6) is -3.04. The number of halogens is 2. The first-order valence-electron chi connectivity index (χ1n) is 10.0. The van der Waals surface area contributed by atoms with Gasteiger partial charge in [-0.05, 0) is 37.8 Å². The zero-order chi connectivity index (χ0) is 22.2. The number of anilines is 1. The van der Waals surface area contributed by atoms with E-state index in [0.717, 1.165) is 4.90 Å². The van der Waals surface area contributed by atoms with Gasteiger partial charge >= 0.3 is 0 Å². The highest BCUT2D eigenvalue weighted by Gasteiger charge is 2.55. The van der Waals surface area contributed by atoms with Crippen LogP contribution in [0.4, 0.5) is 5.69 Å². The quantitative estimate of drug-likeness (QED) is 0.693. The van der Waals surface area contributed by atoms with Gasteiger partial charge in [-0.25, -0.2) is 0 Å². The van der Waals surface area contributed by atoms with E-state index in [1.54, 1.807) is 25.1 Å². The molecule has 1 saturated heterocycles. The van der Waals surface area contributed by atoms with E-state index < -0.39 is 23.7 Å². The number of rotatable bonds is 5. The van der Waals surface area contributed by atoms with E-state index in [4.69, 9.17) is 23.2 Å². The molecule has 0 spiro atoms. The molecular weight excluding hydrogens is 429 g/mol. The summed E-state index contributed by atoms with van der Waals surface area (Å²) in [6, 6.07) is 4.88. The lowest BCUT2D eigenvalue weighted by atomic mass is 9.67. The van der Waals surface area contributed by atoms with E-state index in [2.05, 4.69) is 5.32 Å². The third-order valence-electron chi connectivity index (χ3n) is 6.17. The van der Waals surface area contributed by atoms with Crippen LogP contribution in [0.5, 0.6) is 0 Å². The lowest BCUT2D eigenvalue weighted by Crippen LogP contribution is -2.49. The van der Waals surface area contributed by atoms with Crippen LogP contribution in [0, 0.1) is 23.7 Å². The van der Waals surface area contributed by atoms with Gasteiger partial charge in [0.2, 0.25) is 23.6 Å². The van der Waals surface area contributed by atoms with Gasteiger partial charge < -0.3 is 10.2 Å². The van der Waals surface area contributed by atoms with E-state index in [1.807, 2.05) is 6.92 Å². The van der Waals surface area contributed by atoms with Crippen LogP contribution in [0.15, 0.2) is 18.2 Å². The first kappa shape index (κ1) is 22.6. The number of amides is 4. The fourth-order valence-corrected chi connectivity index (χ4v) is 5.00. The first-order valence-corrected chi connectivity index (χ1v) is 10.8. The molecule has 1 aromatic rings. The predicted octanol–water partition coefficient (Wildman–Crippen LogP) is 3.06. The summed E-state index contributed by atoms with van der Waals surface area (Å²) in [4.78, 5) is 53.6. The van der Waals surface area contributed by atoms with Gasteiger partial charge in [0, 0.05) is 13.6 Å². The lowest BCUT2D eigenvalue weighted by Gasteiger charge is -2.37. The van der Waals surface area contributed by atoms with E-state index in [9.17, 15) is 19.2 Å². The van der Waals surface area contributed by atoms with Crippen LogP contribution in [0.1, 0.15) is 26.7 Å². The molecule has 0 radical (unpaired) electrons. The number of hydrogen-bond donors (Lipinski definition) is 1. The highest BCUT2D eigenvalue weighted by Crippen LogP contribution is 2.45. The minimum absolute atomic E-state index is 0.0582. The molecule has 0 bridgehead atoms. The number of likely N-dealkylation sites (N-methyl/N-ethyl adjacent to an activating group) is 1. The summed E-state index contributed by atoms with van der Waals surface area (Å²) in [5.41, 5.74) is 0.290. The predicted molar refractivity (Wildman–Crippen MR) is 114 cm³/mol. The van der Waals surface area contributed by atoms with Crippen LogP contribution in [-0.4, -0.2) is 53.6 Å². The first-order chi connectivity index (χ1) is 14.2. The molecule has 4 atom stereocenters. The zero-order valence-electron chi connectivity index (χ0n) is 17.2. The minimum atomic E-state index is -0.658. The van der Waals surface area contributed by atoms with Gasteiger partial charge in [-0.15, -0.1) is 0 Å². The van der Waals surface area contributed by atoms with Gasteiger partial charge in [-0.1, -0.05) is 36.2 Å². The van der Waals surface area contributed by atoms with E-state index in [-0.39, 0.29) is 30.2 Å². The van der Waals surface area contributed by atoms with Crippen LogP contribution in [0.2, 0.25) is 10.0 Å². The summed E-state index contributed by atoms with van der Waals surface area (Å²) in [5, 5.41) is 3.25. The monoisotopic (exact) mass is 453 g/mol. The molecule has 1 saturated carbocycles. The maximum absolute atomic E-state index is 13.4. The summed E-state index contributed by atoms with van der Waals surface area (Å²) >= 11 is 12.2. The van der Waals surface area contributed by atoms with Gasteiger partial charge in [-0.3, -0.25) is 24.1 Å². The molecular formula is C21H25Cl2N3O4. The molecule has 1 aliphatic carbocycles. The van der Waals surface area contributed by atoms with Gasteiger partial charge in [-0.2, -0.15) is 0 Å². The standard InChI is InChI=1S/C21H25Cl2N3O4/c1-4-26(10-15(27)24-18-13(22)6-5-7-14(18)23)21(30)16-11(2)8-9-12-17(16)20(29)25(3)19(12)28/h5-7,11-12,16-17H,4,8-10H2,1-3H3,(H,24,27)/t11-,12+,16-,17+/m1/s1. The Bertz CT molecular complexity index is 871. The Balaban J connectivity index is 1.77. The Morgan fingerprint density at radius 1 is 1.17 bits per heavy atom. The number of nitrogens with one attached hydrogen (secondary N) is 1. The van der Waals surface area contributed by atoms with E-state index in [1.165, 1.54) is 11.9 Å². The second-order valence-electron chi connectivity index (χ2n) is 7.95. The third kappa shape index (κ3) is 4.05. The maximum Gasteiger partial charge on any atom is 0.244 e. The molecule has 1 aromatic carbocycles. The fraction of sp³-hybridized carbons (Fsp3) is 0.524. The second kappa shape index (κ2) is 8.94. The molecule has 30 heavy (non-hydrogen) atoms. The zero-order valence-corrected chi connectivity index (χ0v) is 18.7. The molecule has 1 aliphatic heterocycles. The number of para-hydroxylation sites is 1. The molecule has 2 fully saturated rings. The van der Waals surface area contributed by atoms with Crippen LogP contribution >= 0.6 is 23.2 Å². The number of hydrogen-bond acceptors (Lipinski definition) is 4. The van der Waals surface area contributed by atoms with Gasteiger partial charge in [0.05, 0.1) is 40.0 Å². The molecule has 0 aromatic heterocycles. The summed E-state index contributed by atoms with van der Waals surface area (Å²) in [7, 11) is 1.47. The largest absolute Gasteiger partial charge is 0.333 e. The molecule has 1 N–H and O–H groups in total. The van der Waals surface area contributed by atoms with Crippen LogP contribution in [0.25, 0.3) is 0 Å². The summed E-state index contributed by atoms with van der Waals surface area (Å²) < 4.78 is 0. The summed E-state index contributed by atoms with van der Waals surface area (Å²) in [6.07, 6.45) is 1.28.